The molecular weight excluding hydrogens is 194 g/mol. The molecule has 1 aliphatic rings. The van der Waals surface area contributed by atoms with Gasteiger partial charge in [0.25, 0.3) is 0 Å². The van der Waals surface area contributed by atoms with Crippen LogP contribution in [0.4, 0.5) is 0 Å². The molecule has 2 N–H and O–H groups in total. The number of amides is 1. The number of nitrogens with one attached hydrogen (secondary N) is 1. The summed E-state index contributed by atoms with van der Waals surface area (Å²) in [6, 6.07) is 0.0219. The van der Waals surface area contributed by atoms with Gasteiger partial charge in [-0.3, -0.25) is 9.59 Å². The molecule has 0 unspecified atom stereocenters. The van der Waals surface area contributed by atoms with Crippen LogP contribution in [0.25, 0.3) is 0 Å². The average molecular weight is 213 g/mol. The third-order valence-electron chi connectivity index (χ3n) is 2.63. The molecule has 1 aliphatic heterocycles. The first-order valence-corrected chi connectivity index (χ1v) is 5.29. The summed E-state index contributed by atoms with van der Waals surface area (Å²) in [5.74, 6) is -0.889. The lowest BCUT2D eigenvalue weighted by Crippen LogP contribution is -2.33. The first kappa shape index (κ1) is 12.0. The lowest BCUT2D eigenvalue weighted by Gasteiger charge is -2.26. The number of carboxylic acids is 1. The van der Waals surface area contributed by atoms with Crippen LogP contribution in [-0.4, -0.2) is 23.0 Å². The third kappa shape index (κ3) is 3.90. The van der Waals surface area contributed by atoms with Gasteiger partial charge in [-0.05, 0) is 17.8 Å². The Hall–Kier alpha value is -1.06. The Morgan fingerprint density at radius 1 is 1.53 bits per heavy atom. The van der Waals surface area contributed by atoms with Gasteiger partial charge in [0.2, 0.25) is 5.91 Å². The molecule has 0 spiro atoms. The van der Waals surface area contributed by atoms with E-state index in [0.29, 0.717) is 6.42 Å². The fraction of sp³-hybridized carbons (Fsp3) is 0.818. The molecular formula is C11H19NO3. The van der Waals surface area contributed by atoms with Crippen LogP contribution in [-0.2, 0) is 9.59 Å². The molecule has 1 fully saturated rings. The van der Waals surface area contributed by atoms with Crippen molar-refractivity contribution in [3.8, 4) is 0 Å². The SMILES string of the molecule is CC(C)(C)C[C@H]1NC(=O)C[C@@H]1CC(=O)O. The molecule has 0 bridgehead atoms. The van der Waals surface area contributed by atoms with E-state index < -0.39 is 5.97 Å². The van der Waals surface area contributed by atoms with Gasteiger partial charge in [0.1, 0.15) is 0 Å². The number of hydrogen-bond donors (Lipinski definition) is 2. The number of hydrogen-bond acceptors (Lipinski definition) is 2. The molecule has 4 nitrogen and oxygen atoms in total. The van der Waals surface area contributed by atoms with Crippen molar-refractivity contribution in [3.63, 3.8) is 0 Å². The zero-order valence-electron chi connectivity index (χ0n) is 9.54. The van der Waals surface area contributed by atoms with Crippen LogP contribution < -0.4 is 5.32 Å². The average Bonchev–Trinajstić information content (AvgIpc) is 2.25. The van der Waals surface area contributed by atoms with Gasteiger partial charge in [0, 0.05) is 12.5 Å². The van der Waals surface area contributed by atoms with Crippen molar-refractivity contribution in [3.05, 3.63) is 0 Å². The first-order chi connectivity index (χ1) is 6.78. The lowest BCUT2D eigenvalue weighted by atomic mass is 9.83. The molecule has 0 aromatic heterocycles. The lowest BCUT2D eigenvalue weighted by molar-refractivity contribution is -0.138. The van der Waals surface area contributed by atoms with Crippen LogP contribution in [0, 0.1) is 11.3 Å². The zero-order chi connectivity index (χ0) is 11.6. The van der Waals surface area contributed by atoms with Crippen LogP contribution in [0.1, 0.15) is 40.0 Å². The molecule has 2 atom stereocenters. The standard InChI is InChI=1S/C11H19NO3/c1-11(2,3)6-8-7(5-10(14)15)4-9(13)12-8/h7-8H,4-6H2,1-3H3,(H,12,13)(H,14,15)/t7-,8-/m1/s1. The number of carbonyl (C=O) groups excluding carboxylic acids is 1. The Morgan fingerprint density at radius 2 is 2.13 bits per heavy atom. The van der Waals surface area contributed by atoms with Crippen LogP contribution in [0.2, 0.25) is 0 Å². The van der Waals surface area contributed by atoms with Crippen molar-refractivity contribution in [1.29, 1.82) is 0 Å². The molecule has 1 saturated heterocycles. The Labute approximate surface area is 90.0 Å². The van der Waals surface area contributed by atoms with Gasteiger partial charge in [-0.1, -0.05) is 20.8 Å². The van der Waals surface area contributed by atoms with E-state index in [2.05, 4.69) is 26.1 Å². The van der Waals surface area contributed by atoms with Gasteiger partial charge in [0.15, 0.2) is 0 Å². The van der Waals surface area contributed by atoms with Crippen molar-refractivity contribution in [2.24, 2.45) is 11.3 Å². The summed E-state index contributed by atoms with van der Waals surface area (Å²) in [5, 5.41) is 11.6. The maximum Gasteiger partial charge on any atom is 0.303 e. The number of carboxylic acid groups (broad SMARTS) is 1. The number of carbonyl (C=O) groups is 2. The van der Waals surface area contributed by atoms with E-state index in [0.717, 1.165) is 6.42 Å². The van der Waals surface area contributed by atoms with Crippen LogP contribution in [0.5, 0.6) is 0 Å². The highest BCUT2D eigenvalue weighted by molar-refractivity contribution is 5.80. The summed E-state index contributed by atoms with van der Waals surface area (Å²) in [5.41, 5.74) is 0.110. The maximum absolute atomic E-state index is 11.2. The van der Waals surface area contributed by atoms with Crippen molar-refractivity contribution in [2.75, 3.05) is 0 Å². The smallest absolute Gasteiger partial charge is 0.303 e. The van der Waals surface area contributed by atoms with Gasteiger partial charge in [0.05, 0.1) is 6.42 Å². The highest BCUT2D eigenvalue weighted by Gasteiger charge is 2.35. The summed E-state index contributed by atoms with van der Waals surface area (Å²) in [6.45, 7) is 6.28. The van der Waals surface area contributed by atoms with Gasteiger partial charge >= 0.3 is 5.97 Å². The number of rotatable bonds is 3. The van der Waals surface area contributed by atoms with Crippen molar-refractivity contribution in [1.82, 2.24) is 5.32 Å². The minimum absolute atomic E-state index is 0.0181. The van der Waals surface area contributed by atoms with Crippen molar-refractivity contribution in [2.45, 2.75) is 46.1 Å². The van der Waals surface area contributed by atoms with E-state index in [1.54, 1.807) is 0 Å². The molecule has 0 aromatic rings. The number of aliphatic carboxylic acids is 1. The minimum atomic E-state index is -0.824. The zero-order valence-corrected chi connectivity index (χ0v) is 9.54. The molecule has 15 heavy (non-hydrogen) atoms. The predicted octanol–water partition coefficient (Wildman–Crippen LogP) is 1.40. The Balaban J connectivity index is 2.60. The fourth-order valence-corrected chi connectivity index (χ4v) is 2.08. The summed E-state index contributed by atoms with van der Waals surface area (Å²) in [7, 11) is 0. The second kappa shape index (κ2) is 4.21. The van der Waals surface area contributed by atoms with E-state index in [-0.39, 0.29) is 29.7 Å². The topological polar surface area (TPSA) is 66.4 Å². The molecule has 1 heterocycles. The summed E-state index contributed by atoms with van der Waals surface area (Å²) >= 11 is 0. The maximum atomic E-state index is 11.2. The van der Waals surface area contributed by atoms with Crippen LogP contribution in [0.3, 0.4) is 0 Å². The Morgan fingerprint density at radius 3 is 2.60 bits per heavy atom. The predicted molar refractivity (Wildman–Crippen MR) is 56.4 cm³/mol. The monoisotopic (exact) mass is 213 g/mol. The van der Waals surface area contributed by atoms with Crippen LogP contribution >= 0.6 is 0 Å². The third-order valence-corrected chi connectivity index (χ3v) is 2.63. The van der Waals surface area contributed by atoms with E-state index >= 15 is 0 Å². The quantitative estimate of drug-likeness (QED) is 0.744. The summed E-state index contributed by atoms with van der Waals surface area (Å²) in [4.78, 5) is 21.9. The normalized spacial score (nSPS) is 26.5. The Bertz CT molecular complexity index is 267. The van der Waals surface area contributed by atoms with E-state index in [9.17, 15) is 9.59 Å². The van der Waals surface area contributed by atoms with Gasteiger partial charge in [-0.25, -0.2) is 0 Å². The Kier molecular flexibility index (Phi) is 3.37. The molecule has 0 radical (unpaired) electrons. The molecule has 4 heteroatoms. The van der Waals surface area contributed by atoms with Crippen molar-refractivity contribution >= 4 is 11.9 Å². The second-order valence-electron chi connectivity index (χ2n) is 5.50. The van der Waals surface area contributed by atoms with Gasteiger partial charge in [-0.15, -0.1) is 0 Å². The molecule has 0 aromatic carbocycles. The molecule has 86 valence electrons. The molecule has 1 rings (SSSR count). The van der Waals surface area contributed by atoms with E-state index in [1.807, 2.05) is 0 Å². The first-order valence-electron chi connectivity index (χ1n) is 5.29. The largest absolute Gasteiger partial charge is 0.481 e. The molecule has 0 aliphatic carbocycles. The highest BCUT2D eigenvalue weighted by Crippen LogP contribution is 2.30. The second-order valence-corrected chi connectivity index (χ2v) is 5.50. The minimum Gasteiger partial charge on any atom is -0.481 e. The van der Waals surface area contributed by atoms with Crippen LogP contribution in [0.15, 0.2) is 0 Å². The highest BCUT2D eigenvalue weighted by atomic mass is 16.4. The summed E-state index contributed by atoms with van der Waals surface area (Å²) in [6.07, 6.45) is 1.27. The van der Waals surface area contributed by atoms with Gasteiger partial charge in [-0.2, -0.15) is 0 Å². The van der Waals surface area contributed by atoms with Crippen molar-refractivity contribution < 1.29 is 14.7 Å². The molecule has 0 saturated carbocycles. The van der Waals surface area contributed by atoms with E-state index in [4.69, 9.17) is 5.11 Å². The van der Waals surface area contributed by atoms with Gasteiger partial charge < -0.3 is 10.4 Å². The molecule has 1 amide bonds. The fourth-order valence-electron chi connectivity index (χ4n) is 2.08. The van der Waals surface area contributed by atoms with E-state index in [1.165, 1.54) is 0 Å². The summed E-state index contributed by atoms with van der Waals surface area (Å²) < 4.78 is 0.